The van der Waals surface area contributed by atoms with Crippen molar-refractivity contribution in [3.63, 3.8) is 0 Å². The molecule has 2 aromatic heterocycles. The van der Waals surface area contributed by atoms with Crippen molar-refractivity contribution in [2.45, 2.75) is 50.6 Å². The average molecular weight is 397 g/mol. The van der Waals surface area contributed by atoms with E-state index in [-0.39, 0.29) is 23.5 Å². The van der Waals surface area contributed by atoms with Crippen molar-refractivity contribution in [2.24, 2.45) is 0 Å². The molecule has 0 amide bonds. The van der Waals surface area contributed by atoms with Crippen LogP contribution in [0.2, 0.25) is 0 Å². The molecular formula is C21H24N4O2S. The quantitative estimate of drug-likeness (QED) is 0.496. The predicted octanol–water partition coefficient (Wildman–Crippen LogP) is 3.83. The minimum atomic E-state index is -0.384. The molecule has 146 valence electrons. The van der Waals surface area contributed by atoms with Crippen LogP contribution in [0.25, 0.3) is 10.9 Å². The molecule has 4 N–H and O–H groups in total. The molecular weight excluding hydrogens is 372 g/mol. The van der Waals surface area contributed by atoms with E-state index in [0.717, 1.165) is 49.9 Å². The molecule has 7 heteroatoms. The van der Waals surface area contributed by atoms with Crippen LogP contribution in [-0.2, 0) is 6.42 Å². The number of H-pyrrole nitrogens is 2. The van der Waals surface area contributed by atoms with Gasteiger partial charge in [-0.3, -0.25) is 14.3 Å². The van der Waals surface area contributed by atoms with Crippen LogP contribution in [0.1, 0.15) is 61.0 Å². The fourth-order valence-corrected chi connectivity index (χ4v) is 5.25. The second-order valence-corrected chi connectivity index (χ2v) is 8.25. The average Bonchev–Trinajstić information content (AvgIpc) is 3.08. The van der Waals surface area contributed by atoms with Crippen molar-refractivity contribution >= 4 is 23.1 Å². The third kappa shape index (κ3) is 2.72. The van der Waals surface area contributed by atoms with Gasteiger partial charge in [0, 0.05) is 29.2 Å². The van der Waals surface area contributed by atoms with E-state index in [1.54, 1.807) is 4.57 Å². The van der Waals surface area contributed by atoms with E-state index in [2.05, 4.69) is 21.4 Å². The van der Waals surface area contributed by atoms with Crippen LogP contribution in [0.15, 0.2) is 29.1 Å². The van der Waals surface area contributed by atoms with Crippen molar-refractivity contribution in [1.29, 1.82) is 0 Å². The minimum absolute atomic E-state index is 0.00431. The zero-order chi connectivity index (χ0) is 19.3. The smallest absolute Gasteiger partial charge is 0.260 e. The number of hydrogen-bond acceptors (Lipinski definition) is 4. The summed E-state index contributed by atoms with van der Waals surface area (Å²) < 4.78 is 2.08. The highest BCUT2D eigenvalue weighted by atomic mass is 32.1. The number of fused-ring (bicyclic) bond motifs is 3. The zero-order valence-corrected chi connectivity index (χ0v) is 16.4. The molecule has 1 saturated carbocycles. The summed E-state index contributed by atoms with van der Waals surface area (Å²) in [4.78, 5) is 19.2. The zero-order valence-electron chi connectivity index (χ0n) is 15.6. The fraction of sp³-hybridized carbons (Fsp3) is 0.429. The first-order chi connectivity index (χ1) is 13.6. The Hall–Kier alpha value is -2.38. The number of rotatable bonds is 2. The monoisotopic (exact) mass is 396 g/mol. The number of aromatic amines is 2. The van der Waals surface area contributed by atoms with E-state index in [9.17, 15) is 9.90 Å². The maximum absolute atomic E-state index is 12.9. The molecule has 1 aromatic carbocycles. The van der Waals surface area contributed by atoms with Gasteiger partial charge in [0.2, 0.25) is 5.88 Å². The lowest BCUT2D eigenvalue weighted by Crippen LogP contribution is -2.35. The summed E-state index contributed by atoms with van der Waals surface area (Å²) in [6, 6.07) is 7.93. The lowest BCUT2D eigenvalue weighted by atomic mass is 9.93. The first-order valence-corrected chi connectivity index (χ1v) is 10.5. The first kappa shape index (κ1) is 17.7. The Labute approximate surface area is 167 Å². The molecule has 1 aliphatic carbocycles. The van der Waals surface area contributed by atoms with Gasteiger partial charge in [-0.15, -0.1) is 0 Å². The Morgan fingerprint density at radius 1 is 1.11 bits per heavy atom. The summed E-state index contributed by atoms with van der Waals surface area (Å²) in [5, 5.41) is 15.8. The number of nitrogens with one attached hydrogen (secondary N) is 3. The third-order valence-corrected chi connectivity index (χ3v) is 6.54. The van der Waals surface area contributed by atoms with Gasteiger partial charge in [-0.25, -0.2) is 0 Å². The molecule has 0 spiro atoms. The largest absolute Gasteiger partial charge is 0.494 e. The Balaban J connectivity index is 1.69. The summed E-state index contributed by atoms with van der Waals surface area (Å²) in [5.74, 6) is 0.00431. The van der Waals surface area contributed by atoms with Gasteiger partial charge in [0.15, 0.2) is 4.77 Å². The van der Waals surface area contributed by atoms with Gasteiger partial charge in [0.1, 0.15) is 5.56 Å². The lowest BCUT2D eigenvalue weighted by Gasteiger charge is -2.29. The normalized spacial score (nSPS) is 20.4. The third-order valence-electron chi connectivity index (χ3n) is 6.24. The van der Waals surface area contributed by atoms with E-state index in [1.165, 1.54) is 17.4 Å². The summed E-state index contributed by atoms with van der Waals surface area (Å²) in [5.41, 5.74) is 3.26. The molecule has 3 aromatic rings. The van der Waals surface area contributed by atoms with Gasteiger partial charge in [0.05, 0.1) is 6.04 Å². The van der Waals surface area contributed by atoms with Crippen molar-refractivity contribution < 1.29 is 5.11 Å². The first-order valence-electron chi connectivity index (χ1n) is 10.1. The molecule has 0 unspecified atom stereocenters. The van der Waals surface area contributed by atoms with Crippen molar-refractivity contribution in [1.82, 2.24) is 19.9 Å². The van der Waals surface area contributed by atoms with E-state index in [1.807, 2.05) is 18.2 Å². The summed E-state index contributed by atoms with van der Waals surface area (Å²) in [6.07, 6.45) is 6.29. The molecule has 3 heterocycles. The minimum Gasteiger partial charge on any atom is -0.494 e. The lowest BCUT2D eigenvalue weighted by molar-refractivity contribution is 0.297. The maximum atomic E-state index is 12.9. The SMILES string of the molecule is O=c1[nH]c(=S)n(C2CCCCC2)c(O)c1[C@@H]1NCCc2c1[nH]c1ccccc21. The molecule has 1 aliphatic heterocycles. The topological polar surface area (TPSA) is 85.8 Å². The summed E-state index contributed by atoms with van der Waals surface area (Å²) in [7, 11) is 0. The van der Waals surface area contributed by atoms with Gasteiger partial charge in [-0.05, 0) is 43.1 Å². The number of hydrogen-bond donors (Lipinski definition) is 4. The summed E-state index contributed by atoms with van der Waals surface area (Å²) >= 11 is 5.42. The second kappa shape index (κ2) is 6.90. The molecule has 0 bridgehead atoms. The Morgan fingerprint density at radius 3 is 2.71 bits per heavy atom. The van der Waals surface area contributed by atoms with Crippen molar-refractivity contribution in [3.05, 3.63) is 56.2 Å². The summed E-state index contributed by atoms with van der Waals surface area (Å²) in [6.45, 7) is 0.747. The molecule has 6 nitrogen and oxygen atoms in total. The van der Waals surface area contributed by atoms with Crippen LogP contribution in [0.4, 0.5) is 0 Å². The molecule has 28 heavy (non-hydrogen) atoms. The van der Waals surface area contributed by atoms with Gasteiger partial charge in [-0.1, -0.05) is 37.5 Å². The molecule has 1 atom stereocenters. The molecule has 1 fully saturated rings. The van der Waals surface area contributed by atoms with Crippen LogP contribution in [-0.4, -0.2) is 26.2 Å². The van der Waals surface area contributed by atoms with Gasteiger partial charge >= 0.3 is 0 Å². The van der Waals surface area contributed by atoms with E-state index >= 15 is 0 Å². The molecule has 2 aliphatic rings. The van der Waals surface area contributed by atoms with Crippen LogP contribution >= 0.6 is 12.2 Å². The van der Waals surface area contributed by atoms with Crippen molar-refractivity contribution in [2.75, 3.05) is 6.54 Å². The van der Waals surface area contributed by atoms with Gasteiger partial charge < -0.3 is 15.4 Å². The Morgan fingerprint density at radius 2 is 1.89 bits per heavy atom. The van der Waals surface area contributed by atoms with E-state index < -0.39 is 0 Å². The highest BCUT2D eigenvalue weighted by Crippen LogP contribution is 2.37. The fourth-order valence-electron chi connectivity index (χ4n) is 4.92. The number of aromatic hydroxyl groups is 1. The molecule has 5 rings (SSSR count). The Bertz CT molecular complexity index is 1150. The molecule has 0 saturated heterocycles. The predicted molar refractivity (Wildman–Crippen MR) is 112 cm³/mol. The maximum Gasteiger partial charge on any atom is 0.260 e. The number of benzene rings is 1. The number of aromatic nitrogens is 3. The second-order valence-electron chi connectivity index (χ2n) is 7.86. The van der Waals surface area contributed by atoms with E-state index in [4.69, 9.17) is 12.2 Å². The molecule has 0 radical (unpaired) electrons. The van der Waals surface area contributed by atoms with Crippen LogP contribution in [0.5, 0.6) is 5.88 Å². The van der Waals surface area contributed by atoms with Crippen LogP contribution in [0, 0.1) is 4.77 Å². The van der Waals surface area contributed by atoms with E-state index in [0.29, 0.717) is 10.3 Å². The number of para-hydroxylation sites is 1. The van der Waals surface area contributed by atoms with Gasteiger partial charge in [0.25, 0.3) is 5.56 Å². The van der Waals surface area contributed by atoms with Gasteiger partial charge in [-0.2, -0.15) is 0 Å². The highest BCUT2D eigenvalue weighted by Gasteiger charge is 2.31. The van der Waals surface area contributed by atoms with Crippen LogP contribution < -0.4 is 10.9 Å². The highest BCUT2D eigenvalue weighted by molar-refractivity contribution is 7.71. The van der Waals surface area contributed by atoms with Crippen molar-refractivity contribution in [3.8, 4) is 5.88 Å². The standard InChI is InChI=1S/C21H24N4O2S/c26-19-16(20(27)25(21(28)24-19)12-6-2-1-3-7-12)18-17-14(10-11-22-18)13-8-4-5-9-15(13)23-17/h4-5,8-9,12,18,22-23,27H,1-3,6-7,10-11H2,(H,24,26,28)/t18-/m0/s1. The van der Waals surface area contributed by atoms with Crippen LogP contribution in [0.3, 0.4) is 0 Å². The number of nitrogens with zero attached hydrogens (tertiary/aromatic N) is 1. The Kier molecular flexibility index (Phi) is 4.36.